The van der Waals surface area contributed by atoms with Crippen molar-refractivity contribution in [2.24, 2.45) is 0 Å². The van der Waals surface area contributed by atoms with Crippen LogP contribution in [0, 0.1) is 0 Å². The summed E-state index contributed by atoms with van der Waals surface area (Å²) >= 11 is 0. The van der Waals surface area contributed by atoms with E-state index in [1.54, 1.807) is 0 Å². The predicted molar refractivity (Wildman–Crippen MR) is 582 cm³/mol. The molecule has 0 amide bonds. The van der Waals surface area contributed by atoms with Gasteiger partial charge in [-0.3, -0.25) is 0 Å². The molecule has 0 saturated heterocycles. The third-order valence-electron chi connectivity index (χ3n) is 30.1. The Kier molecular flexibility index (Phi) is 18.1. The Balaban J connectivity index is 0.883. The fourth-order valence-corrected chi connectivity index (χ4v) is 22.8. The van der Waals surface area contributed by atoms with E-state index in [0.29, 0.717) is 0 Å². The third kappa shape index (κ3) is 12.1. The van der Waals surface area contributed by atoms with Crippen molar-refractivity contribution >= 4 is 228 Å². The molecule has 6 heterocycles. The third-order valence-corrected chi connectivity index (χ3v) is 30.1. The minimum Gasteiger partial charge on any atom is -0.456 e. The SMILES string of the molecule is Bc1c(B)c(B)c2c(c1B)c1c(B)c(B)c(B)c(B)c1n2-c1ccc2c(c1)C(c1c(-c3ccccc3)cc(-c3ccc(C(C)(C)C)cc3)cc1-c1ccccc1)c1cc(-c3ccc4oc5ccccc5c4c3)cc3c1B2c1ccc(-c2ccc4c(c2)c2cccc5c6ccccc6n4c52)cc1N3c1c(-c2ccccc2)cc(-c2ccc(C(C)(C)C)cc2)cc1-c1ccccc1. The quantitative estimate of drug-likeness (QED) is 0.121. The van der Waals surface area contributed by atoms with Crippen LogP contribution in [0.15, 0.2) is 350 Å². The van der Waals surface area contributed by atoms with Gasteiger partial charge < -0.3 is 18.3 Å². The van der Waals surface area contributed by atoms with Crippen LogP contribution in [0.4, 0.5) is 17.1 Å². The number of nitrogens with zero attached hydrogens (tertiary/aromatic N) is 3. The van der Waals surface area contributed by atoms with Gasteiger partial charge in [-0.2, -0.15) is 0 Å². The minimum atomic E-state index is -0.427. The standard InChI is InChI=1S/C117H92B9N3O/c1-116(2,3)76-45-38-64(39-46-76)73-56-83(66-24-11-7-12-25-66)99(84(57-73)67-26-13-8-14-27-67)100-89-63-78(127-114-101(103(118)105(120)107(122)109(114)124)102-104(119)106(121)108(123)110(125)115(102)127)49-51-91(89)126-92-50-42-72(70-43-52-94-87(54-70)82-35-23-34-81-79-32-19-21-36-93(79)128(94)112(81)82)61-95(92)129(96-62-75(60-90(100)111(96)126)71-44-53-98-88(55-71)80-33-20-22-37-97(80)130-98)113-85(68-28-15-9-16-29-68)58-74(59-86(113)69-30-17-10-18-31-69)65-40-47-77(48-41-65)117(4,5)6/h7-63,100H,118-125H2,1-6H3. The molecule has 0 radical (unpaired) electrons. The number of benzene rings is 18. The molecule has 18 aromatic carbocycles. The van der Waals surface area contributed by atoms with Crippen LogP contribution in [0.1, 0.15) is 75.3 Å². The van der Waals surface area contributed by atoms with Gasteiger partial charge in [0.15, 0.2) is 0 Å². The van der Waals surface area contributed by atoms with E-state index < -0.39 is 5.92 Å². The first-order chi connectivity index (χ1) is 63.1. The van der Waals surface area contributed by atoms with Crippen molar-refractivity contribution in [3.8, 4) is 94.7 Å². The van der Waals surface area contributed by atoms with Crippen molar-refractivity contribution in [1.82, 2.24) is 8.97 Å². The normalized spacial score (nSPS) is 13.3. The molecular formula is C117H92B9N3O. The molecule has 130 heavy (non-hydrogen) atoms. The molecule has 0 saturated carbocycles. The molecule has 4 nitrogen and oxygen atoms in total. The van der Waals surface area contributed by atoms with Gasteiger partial charge in [0.2, 0.25) is 6.71 Å². The van der Waals surface area contributed by atoms with Gasteiger partial charge in [-0.05, 0) is 223 Å². The number of aromatic nitrogens is 2. The maximum Gasteiger partial charge on any atom is 0.247 e. The Hall–Kier alpha value is -14.3. The summed E-state index contributed by atoms with van der Waals surface area (Å²) < 4.78 is 12.0. The molecule has 24 rings (SSSR count). The molecule has 1 unspecified atom stereocenters. The predicted octanol–water partition coefficient (Wildman–Crippen LogP) is 15.6. The average molecular weight is 1650 g/mol. The zero-order chi connectivity index (χ0) is 88.3. The summed E-state index contributed by atoms with van der Waals surface area (Å²) in [4.78, 5) is 2.77. The van der Waals surface area contributed by atoms with Crippen molar-refractivity contribution in [3.63, 3.8) is 0 Å². The van der Waals surface area contributed by atoms with Gasteiger partial charge in [0, 0.05) is 77.5 Å². The highest BCUT2D eigenvalue weighted by molar-refractivity contribution is 6.99. The van der Waals surface area contributed by atoms with E-state index in [1.165, 1.54) is 164 Å². The second-order valence-electron chi connectivity index (χ2n) is 39.2. The molecule has 0 fully saturated rings. The van der Waals surface area contributed by atoms with E-state index in [-0.39, 0.29) is 17.5 Å². The average Bonchev–Trinajstić information content (AvgIpc) is 0.760. The number of rotatable bonds is 11. The van der Waals surface area contributed by atoms with Crippen molar-refractivity contribution in [3.05, 3.63) is 374 Å². The topological polar surface area (TPSA) is 25.7 Å². The first kappa shape index (κ1) is 79.2. The van der Waals surface area contributed by atoms with E-state index in [1.807, 2.05) is 0 Å². The van der Waals surface area contributed by atoms with E-state index in [4.69, 9.17) is 4.42 Å². The molecule has 0 N–H and O–H groups in total. The Morgan fingerprint density at radius 1 is 0.285 bits per heavy atom. The van der Waals surface area contributed by atoms with E-state index >= 15 is 0 Å². The van der Waals surface area contributed by atoms with Gasteiger partial charge >= 0.3 is 0 Å². The van der Waals surface area contributed by atoms with Crippen molar-refractivity contribution in [1.29, 1.82) is 0 Å². The van der Waals surface area contributed by atoms with Crippen LogP contribution in [-0.4, -0.2) is 78.5 Å². The summed E-state index contributed by atoms with van der Waals surface area (Å²) in [5, 5.41) is 9.89. The maximum absolute atomic E-state index is 6.83. The molecule has 1 atom stereocenters. The number of anilines is 3. The van der Waals surface area contributed by atoms with Crippen LogP contribution in [0.5, 0.6) is 0 Å². The molecule has 2 aliphatic heterocycles. The lowest BCUT2D eigenvalue weighted by molar-refractivity contribution is 0.590. The van der Waals surface area contributed by atoms with E-state index in [9.17, 15) is 0 Å². The van der Waals surface area contributed by atoms with E-state index in [2.05, 4.69) is 464 Å². The summed E-state index contributed by atoms with van der Waals surface area (Å²) in [6, 6.07) is 134. The van der Waals surface area contributed by atoms with Crippen LogP contribution in [0.2, 0.25) is 0 Å². The smallest absolute Gasteiger partial charge is 0.247 e. The Labute approximate surface area is 767 Å². The summed E-state index contributed by atoms with van der Waals surface area (Å²) in [5.41, 5.74) is 51.4. The van der Waals surface area contributed by atoms with Crippen LogP contribution >= 0.6 is 0 Å². The van der Waals surface area contributed by atoms with Crippen molar-refractivity contribution < 1.29 is 4.42 Å². The van der Waals surface area contributed by atoms with Crippen molar-refractivity contribution in [2.75, 3.05) is 4.90 Å². The molecular weight excluding hydrogens is 1560 g/mol. The zero-order valence-electron chi connectivity index (χ0n) is 76.3. The van der Waals surface area contributed by atoms with Crippen LogP contribution in [-0.2, 0) is 10.8 Å². The molecule has 0 aliphatic carbocycles. The number of hydrogen-bond acceptors (Lipinski definition) is 2. The number of hydrogen-bond donors (Lipinski definition) is 0. The number of fused-ring (bicyclic) bond motifs is 16. The van der Waals surface area contributed by atoms with Gasteiger partial charge in [-0.15, -0.1) is 10.9 Å². The molecule has 2 aliphatic rings. The monoisotopic (exact) mass is 1650 g/mol. The second-order valence-corrected chi connectivity index (χ2v) is 39.2. The largest absolute Gasteiger partial charge is 0.456 e. The lowest BCUT2D eigenvalue weighted by Crippen LogP contribution is -2.62. The van der Waals surface area contributed by atoms with Crippen molar-refractivity contribution in [2.45, 2.75) is 58.3 Å². The van der Waals surface area contributed by atoms with Gasteiger partial charge in [-0.25, -0.2) is 0 Å². The lowest BCUT2D eigenvalue weighted by Gasteiger charge is -2.45. The molecule has 0 spiro atoms. The fourth-order valence-electron chi connectivity index (χ4n) is 22.8. The first-order valence-electron chi connectivity index (χ1n) is 46.3. The highest BCUT2D eigenvalue weighted by Crippen LogP contribution is 2.56. The summed E-state index contributed by atoms with van der Waals surface area (Å²) in [7, 11) is 18.9. The molecule has 4 aromatic heterocycles. The second kappa shape index (κ2) is 29.7. The zero-order valence-corrected chi connectivity index (χ0v) is 76.3. The molecule has 608 valence electrons. The van der Waals surface area contributed by atoms with Crippen LogP contribution in [0.3, 0.4) is 0 Å². The van der Waals surface area contributed by atoms with Gasteiger partial charge in [0.05, 0.1) is 22.2 Å². The molecule has 13 heteroatoms. The number of furan rings is 1. The van der Waals surface area contributed by atoms with Crippen LogP contribution in [0.25, 0.3) is 177 Å². The summed E-state index contributed by atoms with van der Waals surface area (Å²) in [5.74, 6) is -0.427. The summed E-state index contributed by atoms with van der Waals surface area (Å²) in [6.07, 6.45) is 0. The number of para-hydroxylation sites is 3. The first-order valence-corrected chi connectivity index (χ1v) is 46.3. The maximum atomic E-state index is 6.83. The van der Waals surface area contributed by atoms with Gasteiger partial charge in [0.25, 0.3) is 0 Å². The highest BCUT2D eigenvalue weighted by Gasteiger charge is 2.47. The fraction of sp³-hybridized carbons (Fsp3) is 0.0769. The Morgan fingerprint density at radius 3 is 1.28 bits per heavy atom. The van der Waals surface area contributed by atoms with Gasteiger partial charge in [0.1, 0.15) is 73.9 Å². The van der Waals surface area contributed by atoms with Crippen LogP contribution < -0.4 is 65.0 Å². The highest BCUT2D eigenvalue weighted by atomic mass is 16.3. The minimum absolute atomic E-state index is 0.0386. The Bertz CT molecular complexity index is 8320. The molecule has 22 aromatic rings. The summed E-state index contributed by atoms with van der Waals surface area (Å²) in [6.45, 7) is 13.6. The Morgan fingerprint density at radius 2 is 0.708 bits per heavy atom. The van der Waals surface area contributed by atoms with Gasteiger partial charge in [-0.1, -0.05) is 341 Å². The van der Waals surface area contributed by atoms with E-state index in [0.717, 1.165) is 117 Å². The molecule has 0 bridgehead atoms. The lowest BCUT2D eigenvalue weighted by atomic mass is 9.31.